The number of carboxylic acids is 1. The topological polar surface area (TPSA) is 78.6 Å². The number of pyridine rings is 1. The predicted octanol–water partition coefficient (Wildman–Crippen LogP) is 5.47. The largest absolute Gasteiger partial charge is 0.478 e. The molecule has 3 aromatic rings. The van der Waals surface area contributed by atoms with Gasteiger partial charge in [0, 0.05) is 18.3 Å². The van der Waals surface area contributed by atoms with Crippen LogP contribution in [-0.2, 0) is 0 Å². The summed E-state index contributed by atoms with van der Waals surface area (Å²) in [6.45, 7) is 2.93. The third kappa shape index (κ3) is 4.29. The molecule has 0 amide bonds. The molecule has 1 aliphatic rings. The minimum Gasteiger partial charge on any atom is -0.478 e. The van der Waals surface area contributed by atoms with Crippen molar-refractivity contribution in [3.8, 4) is 11.3 Å². The van der Waals surface area contributed by atoms with Crippen LogP contribution < -0.4 is 5.32 Å². The van der Waals surface area contributed by atoms with E-state index in [-0.39, 0.29) is 17.6 Å². The highest BCUT2D eigenvalue weighted by atomic mass is 35.5. The first-order valence-electron chi connectivity index (χ1n) is 10.1. The molecule has 0 bridgehead atoms. The Bertz CT molecular complexity index is 1100. The van der Waals surface area contributed by atoms with Crippen molar-refractivity contribution in [2.45, 2.75) is 31.8 Å². The average molecular weight is 456 g/mol. The molecule has 4 rings (SSSR count). The first-order valence-corrected chi connectivity index (χ1v) is 10.9. The zero-order chi connectivity index (χ0) is 22.0. The van der Waals surface area contributed by atoms with E-state index in [4.69, 9.17) is 28.2 Å². The van der Waals surface area contributed by atoms with Crippen molar-refractivity contribution in [1.29, 1.82) is 0 Å². The summed E-state index contributed by atoms with van der Waals surface area (Å²) in [5.41, 5.74) is 1.56. The number of nitrogens with one attached hydrogen (secondary N) is 1. The highest BCUT2D eigenvalue weighted by molar-refractivity contribution is 7.80. The predicted molar refractivity (Wildman–Crippen MR) is 123 cm³/mol. The third-order valence-electron chi connectivity index (χ3n) is 5.35. The number of rotatable bonds is 7. The summed E-state index contributed by atoms with van der Waals surface area (Å²) in [6, 6.07) is 13.7. The van der Waals surface area contributed by atoms with Crippen LogP contribution in [0, 0.1) is 0 Å². The Morgan fingerprint density at radius 1 is 1.29 bits per heavy atom. The lowest BCUT2D eigenvalue weighted by Crippen LogP contribution is -2.30. The minimum absolute atomic E-state index is 0.150. The number of unbranched alkanes of at least 4 members (excludes halogenated alkanes) is 1. The van der Waals surface area contributed by atoms with Gasteiger partial charge in [-0.1, -0.05) is 31.0 Å². The van der Waals surface area contributed by atoms with Gasteiger partial charge in [0.15, 0.2) is 5.11 Å². The molecule has 1 aromatic carbocycles. The second kappa shape index (κ2) is 9.08. The van der Waals surface area contributed by atoms with Crippen LogP contribution in [0.3, 0.4) is 0 Å². The van der Waals surface area contributed by atoms with E-state index in [1.807, 2.05) is 30.3 Å². The van der Waals surface area contributed by atoms with E-state index in [0.717, 1.165) is 25.1 Å². The number of aromatic carboxylic acids is 1. The van der Waals surface area contributed by atoms with Crippen molar-refractivity contribution < 1.29 is 14.3 Å². The fourth-order valence-corrected chi connectivity index (χ4v) is 4.33. The van der Waals surface area contributed by atoms with E-state index in [2.05, 4.69) is 22.1 Å². The molecule has 1 fully saturated rings. The SMILES string of the molecule is CCCCN1C(=S)N[C@@H](c2ccccn2)[C@H]1c1ccc(-c2cc(C(=O)O)ccc2Cl)o1. The summed E-state index contributed by atoms with van der Waals surface area (Å²) in [7, 11) is 0. The maximum absolute atomic E-state index is 11.4. The molecule has 0 unspecified atom stereocenters. The van der Waals surface area contributed by atoms with Gasteiger partial charge in [-0.15, -0.1) is 0 Å². The Morgan fingerprint density at radius 2 is 2.13 bits per heavy atom. The molecule has 3 heterocycles. The Labute approximate surface area is 190 Å². The van der Waals surface area contributed by atoms with Crippen LogP contribution in [-0.4, -0.2) is 32.6 Å². The summed E-state index contributed by atoms with van der Waals surface area (Å²) in [5, 5.41) is 13.8. The van der Waals surface area contributed by atoms with E-state index < -0.39 is 5.97 Å². The van der Waals surface area contributed by atoms with Gasteiger partial charge in [-0.3, -0.25) is 4.98 Å². The van der Waals surface area contributed by atoms with Crippen LogP contribution in [0.15, 0.2) is 59.1 Å². The van der Waals surface area contributed by atoms with Crippen molar-refractivity contribution in [1.82, 2.24) is 15.2 Å². The molecule has 0 spiro atoms. The fourth-order valence-electron chi connectivity index (χ4n) is 3.79. The number of hydrogen-bond acceptors (Lipinski definition) is 4. The normalized spacial score (nSPS) is 18.3. The van der Waals surface area contributed by atoms with Crippen LogP contribution >= 0.6 is 23.8 Å². The Hall–Kier alpha value is -2.90. The van der Waals surface area contributed by atoms with Gasteiger partial charge < -0.3 is 19.7 Å². The number of thiocarbonyl (C=S) groups is 1. The average Bonchev–Trinajstić information content (AvgIpc) is 3.37. The molecule has 1 saturated heterocycles. The molecule has 2 N–H and O–H groups in total. The lowest BCUT2D eigenvalue weighted by molar-refractivity contribution is 0.0697. The van der Waals surface area contributed by atoms with Crippen LogP contribution in [0.5, 0.6) is 0 Å². The number of furan rings is 1. The molecule has 2 aromatic heterocycles. The Kier molecular flexibility index (Phi) is 6.25. The standard InChI is InChI=1S/C23H22ClN3O3S/c1-2-3-12-27-21(20(26-23(27)31)17-6-4-5-11-25-17)19-10-9-18(30-19)15-13-14(22(28)29)7-8-16(15)24/h4-11,13,20-21H,2-3,12H2,1H3,(H,26,31)(H,28,29)/t20-,21+/m0/s1. The first-order chi connectivity index (χ1) is 15.0. The first kappa shape index (κ1) is 21.3. The number of halogens is 1. The number of nitrogens with zero attached hydrogens (tertiary/aromatic N) is 2. The molecular formula is C23H22ClN3O3S. The van der Waals surface area contributed by atoms with Crippen LogP contribution in [0.1, 0.15) is 53.7 Å². The molecule has 2 atom stereocenters. The van der Waals surface area contributed by atoms with E-state index in [1.165, 1.54) is 12.1 Å². The molecule has 1 aliphatic heterocycles. The zero-order valence-corrected chi connectivity index (χ0v) is 18.5. The van der Waals surface area contributed by atoms with E-state index in [0.29, 0.717) is 27.2 Å². The maximum Gasteiger partial charge on any atom is 0.335 e. The molecule has 31 heavy (non-hydrogen) atoms. The summed E-state index contributed by atoms with van der Waals surface area (Å²) < 4.78 is 6.23. The monoisotopic (exact) mass is 455 g/mol. The number of aromatic nitrogens is 1. The maximum atomic E-state index is 11.4. The molecule has 6 nitrogen and oxygen atoms in total. The Balaban J connectivity index is 1.74. The lowest BCUT2D eigenvalue weighted by atomic mass is 10.0. The number of benzene rings is 1. The van der Waals surface area contributed by atoms with E-state index in [1.54, 1.807) is 12.3 Å². The Morgan fingerprint density at radius 3 is 2.84 bits per heavy atom. The number of carbonyl (C=O) groups is 1. The summed E-state index contributed by atoms with van der Waals surface area (Å²) >= 11 is 12.0. The number of hydrogen-bond donors (Lipinski definition) is 2. The second-order valence-corrected chi connectivity index (χ2v) is 8.17. The highest BCUT2D eigenvalue weighted by Crippen LogP contribution is 2.41. The fraction of sp³-hybridized carbons (Fsp3) is 0.261. The van der Waals surface area contributed by atoms with Crippen molar-refractivity contribution in [2.75, 3.05) is 6.54 Å². The molecule has 0 saturated carbocycles. The molecule has 160 valence electrons. The molecule has 8 heteroatoms. The quantitative estimate of drug-likeness (QED) is 0.457. The van der Waals surface area contributed by atoms with E-state index in [9.17, 15) is 9.90 Å². The zero-order valence-electron chi connectivity index (χ0n) is 16.9. The van der Waals surface area contributed by atoms with Crippen LogP contribution in [0.2, 0.25) is 5.02 Å². The van der Waals surface area contributed by atoms with Gasteiger partial charge in [0.05, 0.1) is 22.3 Å². The molecule has 0 radical (unpaired) electrons. The van der Waals surface area contributed by atoms with Gasteiger partial charge in [-0.2, -0.15) is 0 Å². The molecule has 0 aliphatic carbocycles. The van der Waals surface area contributed by atoms with Crippen molar-refractivity contribution >= 4 is 34.9 Å². The molecular weight excluding hydrogens is 434 g/mol. The van der Waals surface area contributed by atoms with Crippen molar-refractivity contribution in [3.05, 3.63) is 76.8 Å². The van der Waals surface area contributed by atoms with Gasteiger partial charge in [0.25, 0.3) is 0 Å². The van der Waals surface area contributed by atoms with Crippen LogP contribution in [0.25, 0.3) is 11.3 Å². The van der Waals surface area contributed by atoms with Gasteiger partial charge in [-0.05, 0) is 61.1 Å². The van der Waals surface area contributed by atoms with Gasteiger partial charge >= 0.3 is 5.97 Å². The lowest BCUT2D eigenvalue weighted by Gasteiger charge is -2.25. The third-order valence-corrected chi connectivity index (χ3v) is 6.03. The van der Waals surface area contributed by atoms with Gasteiger partial charge in [-0.25, -0.2) is 4.79 Å². The highest BCUT2D eigenvalue weighted by Gasteiger charge is 2.41. The minimum atomic E-state index is -1.02. The van der Waals surface area contributed by atoms with Crippen LogP contribution in [0.4, 0.5) is 0 Å². The van der Waals surface area contributed by atoms with Gasteiger partial charge in [0.2, 0.25) is 0 Å². The second-order valence-electron chi connectivity index (χ2n) is 7.38. The van der Waals surface area contributed by atoms with Crippen molar-refractivity contribution in [3.63, 3.8) is 0 Å². The van der Waals surface area contributed by atoms with E-state index >= 15 is 0 Å². The summed E-state index contributed by atoms with van der Waals surface area (Å²) in [4.78, 5) is 18.0. The van der Waals surface area contributed by atoms with Crippen molar-refractivity contribution in [2.24, 2.45) is 0 Å². The van der Waals surface area contributed by atoms with Gasteiger partial charge in [0.1, 0.15) is 17.6 Å². The number of carboxylic acid groups (broad SMARTS) is 1. The smallest absolute Gasteiger partial charge is 0.335 e. The summed E-state index contributed by atoms with van der Waals surface area (Å²) in [6.07, 6.45) is 3.80. The summed E-state index contributed by atoms with van der Waals surface area (Å²) in [5.74, 6) is 0.207.